The van der Waals surface area contributed by atoms with Crippen molar-refractivity contribution < 1.29 is 9.59 Å². The van der Waals surface area contributed by atoms with Crippen LogP contribution in [0.3, 0.4) is 0 Å². The predicted molar refractivity (Wildman–Crippen MR) is 109 cm³/mol. The summed E-state index contributed by atoms with van der Waals surface area (Å²) < 4.78 is 0.849. The molecule has 0 unspecified atom stereocenters. The fourth-order valence-corrected chi connectivity index (χ4v) is 3.95. The summed E-state index contributed by atoms with van der Waals surface area (Å²) in [5, 5.41) is 4.85. The van der Waals surface area contributed by atoms with Gasteiger partial charge in [0, 0.05) is 23.5 Å². The van der Waals surface area contributed by atoms with Crippen molar-refractivity contribution in [1.82, 2.24) is 15.2 Å². The van der Waals surface area contributed by atoms with Crippen LogP contribution in [0.25, 0.3) is 11.3 Å². The Kier molecular flexibility index (Phi) is 6.83. The van der Waals surface area contributed by atoms with Crippen molar-refractivity contribution in [3.05, 3.63) is 35.2 Å². The fourth-order valence-electron chi connectivity index (χ4n) is 2.18. The lowest BCUT2D eigenvalue weighted by molar-refractivity contribution is -0.133. The number of aromatic nitrogens is 1. The zero-order chi connectivity index (χ0) is 19.3. The van der Waals surface area contributed by atoms with E-state index in [1.165, 1.54) is 33.6 Å². The van der Waals surface area contributed by atoms with Gasteiger partial charge in [-0.05, 0) is 27.7 Å². The van der Waals surface area contributed by atoms with Gasteiger partial charge in [0.15, 0.2) is 4.34 Å². The number of nitrogens with one attached hydrogen (secondary N) is 1. The summed E-state index contributed by atoms with van der Waals surface area (Å²) >= 11 is 2.93. The van der Waals surface area contributed by atoms with E-state index in [1.54, 1.807) is 7.05 Å². The molecule has 1 heterocycles. The molecule has 1 aromatic carbocycles. The molecule has 0 aliphatic rings. The molecule has 2 amide bonds. The first kappa shape index (κ1) is 20.5. The number of aryl methyl sites for hydroxylation is 1. The number of amides is 2. The quantitative estimate of drug-likeness (QED) is 0.765. The molecule has 0 spiro atoms. The molecule has 0 radical (unpaired) electrons. The van der Waals surface area contributed by atoms with Crippen LogP contribution in [0.15, 0.2) is 34.0 Å². The van der Waals surface area contributed by atoms with Gasteiger partial charge in [0.05, 0.1) is 18.0 Å². The molecule has 5 nitrogen and oxygen atoms in total. The summed E-state index contributed by atoms with van der Waals surface area (Å²) in [6.45, 7) is 7.85. The lowest BCUT2D eigenvalue weighted by atomic mass is 10.1. The van der Waals surface area contributed by atoms with Crippen LogP contribution in [0, 0.1) is 6.92 Å². The van der Waals surface area contributed by atoms with Crippen LogP contribution in [0.4, 0.5) is 0 Å². The molecule has 0 saturated carbocycles. The van der Waals surface area contributed by atoms with Gasteiger partial charge >= 0.3 is 0 Å². The Balaban J connectivity index is 1.85. The number of carbonyl (C=O) groups excluding carboxylic acids is 2. The Bertz CT molecular complexity index is 764. The summed E-state index contributed by atoms with van der Waals surface area (Å²) in [5.41, 5.74) is 2.90. The molecule has 7 heteroatoms. The maximum Gasteiger partial charge on any atom is 0.240 e. The van der Waals surface area contributed by atoms with Crippen molar-refractivity contribution in [1.29, 1.82) is 0 Å². The number of benzene rings is 1. The summed E-state index contributed by atoms with van der Waals surface area (Å²) in [5.74, 6) is 0.0144. The molecule has 0 aliphatic heterocycles. The van der Waals surface area contributed by atoms with E-state index in [4.69, 9.17) is 0 Å². The largest absolute Gasteiger partial charge is 0.350 e. The predicted octanol–water partition coefficient (Wildman–Crippen LogP) is 3.58. The second-order valence-electron chi connectivity index (χ2n) is 7.20. The van der Waals surface area contributed by atoms with Crippen LogP contribution in [0.5, 0.6) is 0 Å². The lowest BCUT2D eigenvalue weighted by Crippen LogP contribution is -2.46. The van der Waals surface area contributed by atoms with Crippen LogP contribution in [-0.4, -0.2) is 46.6 Å². The van der Waals surface area contributed by atoms with Crippen LogP contribution in [0.1, 0.15) is 26.3 Å². The Morgan fingerprint density at radius 2 is 1.88 bits per heavy atom. The Labute approximate surface area is 163 Å². The van der Waals surface area contributed by atoms with Gasteiger partial charge < -0.3 is 10.2 Å². The number of rotatable bonds is 6. The van der Waals surface area contributed by atoms with Crippen LogP contribution in [0.2, 0.25) is 0 Å². The third-order valence-electron chi connectivity index (χ3n) is 3.47. The van der Waals surface area contributed by atoms with E-state index in [-0.39, 0.29) is 29.7 Å². The normalized spacial score (nSPS) is 11.3. The molecule has 0 atom stereocenters. The van der Waals surface area contributed by atoms with Crippen LogP contribution < -0.4 is 5.32 Å². The summed E-state index contributed by atoms with van der Waals surface area (Å²) in [4.78, 5) is 30.2. The van der Waals surface area contributed by atoms with Crippen molar-refractivity contribution in [3.8, 4) is 11.3 Å². The van der Waals surface area contributed by atoms with Gasteiger partial charge in [0.1, 0.15) is 0 Å². The highest BCUT2D eigenvalue weighted by atomic mass is 32.2. The van der Waals surface area contributed by atoms with Crippen molar-refractivity contribution in [2.24, 2.45) is 0 Å². The van der Waals surface area contributed by atoms with Gasteiger partial charge in [-0.3, -0.25) is 9.59 Å². The van der Waals surface area contributed by atoms with E-state index < -0.39 is 0 Å². The SMILES string of the molecule is Cc1ccc(-c2csc(SCC(=O)N(C)CC(=O)NC(C)(C)C)n2)cc1. The summed E-state index contributed by atoms with van der Waals surface area (Å²) in [6, 6.07) is 8.21. The molecule has 0 bridgehead atoms. The fraction of sp³-hybridized carbons (Fsp3) is 0.421. The average Bonchev–Trinajstić information content (AvgIpc) is 3.00. The molecule has 0 aliphatic carbocycles. The van der Waals surface area contributed by atoms with Crippen LogP contribution in [-0.2, 0) is 9.59 Å². The van der Waals surface area contributed by atoms with Gasteiger partial charge in [-0.15, -0.1) is 11.3 Å². The molecule has 26 heavy (non-hydrogen) atoms. The van der Waals surface area contributed by atoms with Gasteiger partial charge in [0.2, 0.25) is 11.8 Å². The van der Waals surface area contributed by atoms with Gasteiger partial charge in [-0.2, -0.15) is 0 Å². The molecule has 0 fully saturated rings. The van der Waals surface area contributed by atoms with E-state index in [1.807, 2.05) is 38.3 Å². The van der Waals surface area contributed by atoms with E-state index >= 15 is 0 Å². The second kappa shape index (κ2) is 8.68. The van der Waals surface area contributed by atoms with Gasteiger partial charge in [-0.25, -0.2) is 4.98 Å². The number of hydrogen-bond donors (Lipinski definition) is 1. The third kappa shape index (κ3) is 6.46. The van der Waals surface area contributed by atoms with E-state index in [0.717, 1.165) is 15.6 Å². The molecule has 1 aromatic heterocycles. The van der Waals surface area contributed by atoms with Crippen LogP contribution >= 0.6 is 23.1 Å². The minimum Gasteiger partial charge on any atom is -0.350 e. The zero-order valence-electron chi connectivity index (χ0n) is 15.8. The number of thiazole rings is 1. The number of carbonyl (C=O) groups is 2. The topological polar surface area (TPSA) is 62.3 Å². The summed E-state index contributed by atoms with van der Waals surface area (Å²) in [6.07, 6.45) is 0. The van der Waals surface area contributed by atoms with E-state index in [2.05, 4.69) is 29.4 Å². The lowest BCUT2D eigenvalue weighted by Gasteiger charge is -2.23. The van der Waals surface area contributed by atoms with Crippen molar-refractivity contribution in [3.63, 3.8) is 0 Å². The standard InChI is InChI=1S/C19H25N3O2S2/c1-13-6-8-14(9-7-13)15-11-25-18(20-15)26-12-17(24)22(5)10-16(23)21-19(2,3)4/h6-9,11H,10,12H2,1-5H3,(H,21,23). The van der Waals surface area contributed by atoms with Gasteiger partial charge in [-0.1, -0.05) is 41.6 Å². The smallest absolute Gasteiger partial charge is 0.240 e. The third-order valence-corrected chi connectivity index (χ3v) is 5.48. The first-order chi connectivity index (χ1) is 12.1. The molecule has 2 rings (SSSR count). The van der Waals surface area contributed by atoms with Crippen molar-refractivity contribution in [2.75, 3.05) is 19.3 Å². The highest BCUT2D eigenvalue weighted by Gasteiger charge is 2.18. The van der Waals surface area contributed by atoms with Crippen molar-refractivity contribution in [2.45, 2.75) is 37.6 Å². The summed E-state index contributed by atoms with van der Waals surface area (Å²) in [7, 11) is 1.64. The number of likely N-dealkylation sites (N-methyl/N-ethyl adjacent to an activating group) is 1. The first-order valence-corrected chi connectivity index (χ1v) is 10.2. The highest BCUT2D eigenvalue weighted by molar-refractivity contribution is 8.01. The molecular formula is C19H25N3O2S2. The zero-order valence-corrected chi connectivity index (χ0v) is 17.5. The van der Waals surface area contributed by atoms with E-state index in [0.29, 0.717) is 0 Å². The Morgan fingerprint density at radius 3 is 2.50 bits per heavy atom. The molecule has 1 N–H and O–H groups in total. The van der Waals surface area contributed by atoms with Crippen molar-refractivity contribution >= 4 is 34.9 Å². The monoisotopic (exact) mass is 391 g/mol. The molecule has 2 aromatic rings. The maximum absolute atomic E-state index is 12.2. The first-order valence-electron chi connectivity index (χ1n) is 8.34. The highest BCUT2D eigenvalue weighted by Crippen LogP contribution is 2.28. The molecule has 0 saturated heterocycles. The average molecular weight is 392 g/mol. The Hall–Kier alpha value is -1.86. The number of hydrogen-bond acceptors (Lipinski definition) is 5. The minimum atomic E-state index is -0.303. The Morgan fingerprint density at radius 1 is 1.23 bits per heavy atom. The van der Waals surface area contributed by atoms with Gasteiger partial charge in [0.25, 0.3) is 0 Å². The second-order valence-corrected chi connectivity index (χ2v) is 9.28. The maximum atomic E-state index is 12.2. The molecule has 140 valence electrons. The molecular weight excluding hydrogens is 366 g/mol. The number of nitrogens with zero attached hydrogens (tertiary/aromatic N) is 2. The van der Waals surface area contributed by atoms with E-state index in [9.17, 15) is 9.59 Å². The number of thioether (sulfide) groups is 1. The minimum absolute atomic E-state index is 0.0587.